The van der Waals surface area contributed by atoms with E-state index in [2.05, 4.69) is 19.2 Å². The van der Waals surface area contributed by atoms with Gasteiger partial charge >= 0.3 is 5.97 Å². The summed E-state index contributed by atoms with van der Waals surface area (Å²) in [4.78, 5) is 22.6. The van der Waals surface area contributed by atoms with Crippen LogP contribution in [0.1, 0.15) is 33.6 Å². The molecule has 0 heterocycles. The highest BCUT2D eigenvalue weighted by Crippen LogP contribution is 2.44. The molecule has 2 rings (SSSR count). The van der Waals surface area contributed by atoms with Crippen LogP contribution in [0.5, 0.6) is 0 Å². The molecule has 5 nitrogen and oxygen atoms in total. The monoisotopic (exact) mass is 255 g/mol. The quantitative estimate of drug-likeness (QED) is 0.769. The van der Waals surface area contributed by atoms with Crippen LogP contribution < -0.4 is 5.32 Å². The Kier molecular flexibility index (Phi) is 3.36. The van der Waals surface area contributed by atoms with Gasteiger partial charge in [-0.05, 0) is 19.8 Å². The Balaban J connectivity index is 1.82. The van der Waals surface area contributed by atoms with Crippen LogP contribution in [0.25, 0.3) is 0 Å². The fraction of sp³-hybridized carbons (Fsp3) is 0.846. The Bertz CT molecular complexity index is 366. The van der Waals surface area contributed by atoms with Crippen LogP contribution in [0.3, 0.4) is 0 Å². The van der Waals surface area contributed by atoms with Crippen molar-refractivity contribution >= 4 is 11.9 Å². The van der Waals surface area contributed by atoms with Crippen molar-refractivity contribution in [2.45, 2.75) is 45.8 Å². The minimum Gasteiger partial charge on any atom is -0.481 e. The zero-order chi connectivity index (χ0) is 13.5. The molecule has 0 bridgehead atoms. The van der Waals surface area contributed by atoms with Crippen molar-refractivity contribution in [1.29, 1.82) is 0 Å². The summed E-state index contributed by atoms with van der Waals surface area (Å²) in [7, 11) is 0. The lowest BCUT2D eigenvalue weighted by Crippen LogP contribution is -2.62. The second-order valence-electron chi connectivity index (χ2n) is 5.85. The summed E-state index contributed by atoms with van der Waals surface area (Å²) < 4.78 is 5.59. The lowest BCUT2D eigenvalue weighted by atomic mass is 9.64. The standard InChI is InChI=1S/C13H21NO4/c1-4-18-10-6-9(13(10,2)3)14-11(15)7-5-8(7)12(16)17/h7-10H,4-6H2,1-3H3,(H,14,15)(H,16,17). The molecule has 0 radical (unpaired) electrons. The van der Waals surface area contributed by atoms with Crippen LogP contribution in [0.2, 0.25) is 0 Å². The molecular weight excluding hydrogens is 234 g/mol. The summed E-state index contributed by atoms with van der Waals surface area (Å²) in [5.74, 6) is -1.79. The first-order chi connectivity index (χ1) is 8.37. The van der Waals surface area contributed by atoms with Crippen LogP contribution in [-0.4, -0.2) is 35.7 Å². The van der Waals surface area contributed by atoms with Crippen LogP contribution in [0, 0.1) is 17.3 Å². The van der Waals surface area contributed by atoms with E-state index in [4.69, 9.17) is 9.84 Å². The van der Waals surface area contributed by atoms with Crippen molar-refractivity contribution in [3.8, 4) is 0 Å². The topological polar surface area (TPSA) is 75.6 Å². The maximum Gasteiger partial charge on any atom is 0.307 e. The molecule has 2 aliphatic rings. The molecule has 0 aromatic carbocycles. The van der Waals surface area contributed by atoms with E-state index in [1.807, 2.05) is 6.92 Å². The fourth-order valence-electron chi connectivity index (χ4n) is 2.65. The Labute approximate surface area is 107 Å². The van der Waals surface area contributed by atoms with Crippen molar-refractivity contribution in [3.63, 3.8) is 0 Å². The molecule has 0 saturated heterocycles. The molecule has 2 fully saturated rings. The van der Waals surface area contributed by atoms with Crippen LogP contribution in [0.15, 0.2) is 0 Å². The minimum atomic E-state index is -0.866. The summed E-state index contributed by atoms with van der Waals surface area (Å²) in [5, 5.41) is 11.8. The van der Waals surface area contributed by atoms with Gasteiger partial charge in [0.2, 0.25) is 5.91 Å². The highest BCUT2D eigenvalue weighted by Gasteiger charge is 2.53. The number of carboxylic acids is 1. The Morgan fingerprint density at radius 1 is 1.33 bits per heavy atom. The second kappa shape index (κ2) is 4.53. The summed E-state index contributed by atoms with van der Waals surface area (Å²) in [6.45, 7) is 6.79. The van der Waals surface area contributed by atoms with Crippen LogP contribution in [0.4, 0.5) is 0 Å². The number of hydrogen-bond donors (Lipinski definition) is 2. The first-order valence-corrected chi connectivity index (χ1v) is 6.52. The molecule has 4 unspecified atom stereocenters. The van der Waals surface area contributed by atoms with Crippen LogP contribution >= 0.6 is 0 Å². The highest BCUT2D eigenvalue weighted by molar-refractivity contribution is 5.89. The van der Waals surface area contributed by atoms with Crippen molar-refractivity contribution in [3.05, 3.63) is 0 Å². The fourth-order valence-corrected chi connectivity index (χ4v) is 2.65. The Morgan fingerprint density at radius 3 is 2.44 bits per heavy atom. The molecular formula is C13H21NO4. The minimum absolute atomic E-state index is 0.0702. The van der Waals surface area contributed by atoms with Crippen LogP contribution in [-0.2, 0) is 14.3 Å². The lowest BCUT2D eigenvalue weighted by molar-refractivity contribution is -0.143. The van der Waals surface area contributed by atoms with Crippen molar-refractivity contribution in [2.24, 2.45) is 17.3 Å². The SMILES string of the molecule is CCOC1CC(NC(=O)C2CC2C(=O)O)C1(C)C. The van der Waals surface area contributed by atoms with Gasteiger partial charge in [0.15, 0.2) is 0 Å². The maximum atomic E-state index is 11.9. The van der Waals surface area contributed by atoms with E-state index in [1.165, 1.54) is 0 Å². The molecule has 18 heavy (non-hydrogen) atoms. The van der Waals surface area contributed by atoms with E-state index in [1.54, 1.807) is 0 Å². The predicted molar refractivity (Wildman–Crippen MR) is 65.0 cm³/mol. The normalized spacial score (nSPS) is 36.6. The van der Waals surface area contributed by atoms with Gasteiger partial charge in [0.25, 0.3) is 0 Å². The number of carboxylic acid groups (broad SMARTS) is 1. The van der Waals surface area contributed by atoms with E-state index in [9.17, 15) is 9.59 Å². The van der Waals surface area contributed by atoms with E-state index < -0.39 is 11.9 Å². The first kappa shape index (κ1) is 13.3. The van der Waals surface area contributed by atoms with E-state index in [-0.39, 0.29) is 29.4 Å². The lowest BCUT2D eigenvalue weighted by Gasteiger charge is -2.51. The van der Waals surface area contributed by atoms with Crippen molar-refractivity contribution in [2.75, 3.05) is 6.61 Å². The number of rotatable bonds is 5. The molecule has 5 heteroatoms. The Morgan fingerprint density at radius 2 is 2.00 bits per heavy atom. The molecule has 0 aromatic rings. The number of aliphatic carboxylic acids is 1. The molecule has 4 atom stereocenters. The third-order valence-electron chi connectivity index (χ3n) is 4.31. The molecule has 0 aromatic heterocycles. The van der Waals surface area contributed by atoms with Gasteiger partial charge in [0.1, 0.15) is 0 Å². The number of carbonyl (C=O) groups excluding carboxylic acids is 1. The van der Waals surface area contributed by atoms with Crippen molar-refractivity contribution in [1.82, 2.24) is 5.32 Å². The zero-order valence-electron chi connectivity index (χ0n) is 11.1. The number of amides is 1. The Hall–Kier alpha value is -1.10. The summed E-state index contributed by atoms with van der Waals surface area (Å²) in [5.41, 5.74) is -0.0702. The highest BCUT2D eigenvalue weighted by atomic mass is 16.5. The van der Waals surface area contributed by atoms with Gasteiger partial charge in [-0.25, -0.2) is 0 Å². The largest absolute Gasteiger partial charge is 0.481 e. The number of carbonyl (C=O) groups is 2. The van der Waals surface area contributed by atoms with Gasteiger partial charge in [-0.3, -0.25) is 9.59 Å². The third-order valence-corrected chi connectivity index (χ3v) is 4.31. The van der Waals surface area contributed by atoms with Gasteiger partial charge in [-0.1, -0.05) is 13.8 Å². The summed E-state index contributed by atoms with van der Waals surface area (Å²) >= 11 is 0. The van der Waals surface area contributed by atoms with Crippen molar-refractivity contribution < 1.29 is 19.4 Å². The molecule has 2 aliphatic carbocycles. The third kappa shape index (κ3) is 2.23. The molecule has 2 N–H and O–H groups in total. The van der Waals surface area contributed by atoms with Gasteiger partial charge in [0, 0.05) is 18.1 Å². The molecule has 0 aliphatic heterocycles. The number of nitrogens with one attached hydrogen (secondary N) is 1. The van der Waals surface area contributed by atoms with E-state index in [0.717, 1.165) is 6.42 Å². The van der Waals surface area contributed by atoms with Gasteiger partial charge < -0.3 is 15.2 Å². The average molecular weight is 255 g/mol. The van der Waals surface area contributed by atoms with E-state index in [0.29, 0.717) is 13.0 Å². The number of hydrogen-bond acceptors (Lipinski definition) is 3. The zero-order valence-corrected chi connectivity index (χ0v) is 11.1. The first-order valence-electron chi connectivity index (χ1n) is 6.52. The van der Waals surface area contributed by atoms with Gasteiger partial charge in [-0.2, -0.15) is 0 Å². The smallest absolute Gasteiger partial charge is 0.307 e. The maximum absolute atomic E-state index is 11.9. The average Bonchev–Trinajstić information content (AvgIpc) is 3.07. The summed E-state index contributed by atoms with van der Waals surface area (Å²) in [6, 6.07) is 0.0941. The molecule has 2 saturated carbocycles. The van der Waals surface area contributed by atoms with Gasteiger partial charge in [-0.15, -0.1) is 0 Å². The predicted octanol–water partition coefficient (Wildman–Crippen LogP) is 1.03. The van der Waals surface area contributed by atoms with E-state index >= 15 is 0 Å². The molecule has 1 amide bonds. The second-order valence-corrected chi connectivity index (χ2v) is 5.85. The number of ether oxygens (including phenoxy) is 1. The molecule has 102 valence electrons. The van der Waals surface area contributed by atoms with Gasteiger partial charge in [0.05, 0.1) is 17.9 Å². The summed E-state index contributed by atoms with van der Waals surface area (Å²) in [6.07, 6.45) is 1.47. The molecule has 0 spiro atoms.